The number of likely N-dealkylation sites (tertiary alicyclic amines) is 1. The van der Waals surface area contributed by atoms with E-state index in [0.717, 1.165) is 44.1 Å². The Morgan fingerprint density at radius 1 is 1.24 bits per heavy atom. The normalized spacial score (nSPS) is 17.0. The molecule has 1 aliphatic heterocycles. The van der Waals surface area contributed by atoms with Crippen molar-refractivity contribution < 1.29 is 0 Å². The maximum atomic E-state index is 4.48. The first-order valence-electron chi connectivity index (χ1n) is 7.42. The number of nitrogens with one attached hydrogen (secondary N) is 1. The number of aromatic nitrogens is 4. The highest BCUT2D eigenvalue weighted by molar-refractivity contribution is 5.37. The summed E-state index contributed by atoms with van der Waals surface area (Å²) in [6.07, 6.45) is 5.86. The lowest BCUT2D eigenvalue weighted by molar-refractivity contribution is 0.201. The van der Waals surface area contributed by atoms with Crippen LogP contribution in [0, 0.1) is 0 Å². The van der Waals surface area contributed by atoms with Gasteiger partial charge >= 0.3 is 0 Å². The van der Waals surface area contributed by atoms with Crippen molar-refractivity contribution in [2.45, 2.75) is 25.3 Å². The molecular formula is C15H22N6. The lowest BCUT2D eigenvalue weighted by atomic mass is 9.96. The molecule has 0 aromatic carbocycles. The van der Waals surface area contributed by atoms with Crippen molar-refractivity contribution in [3.05, 3.63) is 36.0 Å². The Hall–Kier alpha value is -1.95. The van der Waals surface area contributed by atoms with Gasteiger partial charge in [-0.1, -0.05) is 6.07 Å². The van der Waals surface area contributed by atoms with Crippen LogP contribution in [0.1, 0.15) is 30.1 Å². The van der Waals surface area contributed by atoms with E-state index < -0.39 is 0 Å². The van der Waals surface area contributed by atoms with Crippen LogP contribution in [-0.2, 0) is 6.54 Å². The Balaban J connectivity index is 1.53. The summed E-state index contributed by atoms with van der Waals surface area (Å²) in [5.41, 5.74) is 1.28. The number of nitrogens with zero attached hydrogens (tertiary/aromatic N) is 5. The topological polar surface area (TPSA) is 60.9 Å². The third kappa shape index (κ3) is 3.39. The minimum Gasteiger partial charge on any atom is -0.363 e. The van der Waals surface area contributed by atoms with Gasteiger partial charge in [0.1, 0.15) is 18.0 Å². The fourth-order valence-electron chi connectivity index (χ4n) is 2.81. The maximum Gasteiger partial charge on any atom is 0.137 e. The average molecular weight is 286 g/mol. The number of hydrogen-bond acceptors (Lipinski definition) is 5. The van der Waals surface area contributed by atoms with Crippen LogP contribution in [0.4, 0.5) is 5.82 Å². The molecule has 6 heteroatoms. The van der Waals surface area contributed by atoms with E-state index in [1.54, 1.807) is 6.33 Å². The molecule has 2 aromatic rings. The van der Waals surface area contributed by atoms with Crippen molar-refractivity contribution in [1.82, 2.24) is 25.1 Å². The van der Waals surface area contributed by atoms with E-state index in [-0.39, 0.29) is 0 Å². The van der Waals surface area contributed by atoms with Gasteiger partial charge in [-0.25, -0.2) is 9.97 Å². The van der Waals surface area contributed by atoms with Crippen LogP contribution in [0.15, 0.2) is 24.7 Å². The van der Waals surface area contributed by atoms with Gasteiger partial charge in [-0.2, -0.15) is 5.10 Å². The van der Waals surface area contributed by atoms with E-state index in [1.807, 2.05) is 25.2 Å². The van der Waals surface area contributed by atoms with Gasteiger partial charge in [-0.15, -0.1) is 0 Å². The summed E-state index contributed by atoms with van der Waals surface area (Å²) in [5.74, 6) is 2.56. The molecule has 3 heterocycles. The Morgan fingerprint density at radius 3 is 2.62 bits per heavy atom. The zero-order chi connectivity index (χ0) is 14.7. The van der Waals surface area contributed by atoms with Crippen LogP contribution >= 0.6 is 0 Å². The molecule has 0 unspecified atom stereocenters. The van der Waals surface area contributed by atoms with Crippen LogP contribution in [0.5, 0.6) is 0 Å². The molecule has 1 aliphatic rings. The van der Waals surface area contributed by atoms with Gasteiger partial charge in [0.25, 0.3) is 0 Å². The fraction of sp³-hybridized carbons (Fsp3) is 0.533. The third-order valence-electron chi connectivity index (χ3n) is 4.08. The molecule has 1 N–H and O–H groups in total. The summed E-state index contributed by atoms with van der Waals surface area (Å²) >= 11 is 0. The number of H-pyrrole nitrogens is 1. The minimum atomic E-state index is 0.526. The minimum absolute atomic E-state index is 0.526. The largest absolute Gasteiger partial charge is 0.363 e. The Labute approximate surface area is 125 Å². The molecule has 2 aromatic heterocycles. The fourth-order valence-corrected chi connectivity index (χ4v) is 2.81. The van der Waals surface area contributed by atoms with Crippen molar-refractivity contribution in [2.75, 3.05) is 32.1 Å². The molecule has 21 heavy (non-hydrogen) atoms. The quantitative estimate of drug-likeness (QED) is 0.926. The number of aromatic amines is 1. The second-order valence-electron chi connectivity index (χ2n) is 5.84. The van der Waals surface area contributed by atoms with Crippen molar-refractivity contribution in [1.29, 1.82) is 0 Å². The van der Waals surface area contributed by atoms with E-state index in [0.29, 0.717) is 5.92 Å². The second-order valence-corrected chi connectivity index (χ2v) is 5.84. The maximum absolute atomic E-state index is 4.48. The van der Waals surface area contributed by atoms with Crippen LogP contribution < -0.4 is 4.90 Å². The SMILES string of the molecule is CN(C)c1ccc(CN2CCC(c3ncn[nH]3)CC2)cn1. The van der Waals surface area contributed by atoms with Gasteiger partial charge in [0.15, 0.2) is 0 Å². The van der Waals surface area contributed by atoms with Crippen molar-refractivity contribution in [3.63, 3.8) is 0 Å². The molecule has 0 radical (unpaired) electrons. The highest BCUT2D eigenvalue weighted by Crippen LogP contribution is 2.25. The summed E-state index contributed by atoms with van der Waals surface area (Å²) < 4.78 is 0. The van der Waals surface area contributed by atoms with Gasteiger partial charge in [-0.3, -0.25) is 10.00 Å². The Kier molecular flexibility index (Phi) is 4.15. The number of piperidine rings is 1. The van der Waals surface area contributed by atoms with E-state index in [1.165, 1.54) is 5.56 Å². The number of anilines is 1. The van der Waals surface area contributed by atoms with Crippen LogP contribution in [0.25, 0.3) is 0 Å². The summed E-state index contributed by atoms with van der Waals surface area (Å²) in [5, 5.41) is 6.94. The van der Waals surface area contributed by atoms with E-state index in [4.69, 9.17) is 0 Å². The van der Waals surface area contributed by atoms with Gasteiger partial charge in [0.05, 0.1) is 0 Å². The Morgan fingerprint density at radius 2 is 2.05 bits per heavy atom. The molecule has 112 valence electrons. The monoisotopic (exact) mass is 286 g/mol. The van der Waals surface area contributed by atoms with Crippen LogP contribution in [-0.4, -0.2) is 52.3 Å². The summed E-state index contributed by atoms with van der Waals surface area (Å²) in [6.45, 7) is 3.17. The first-order valence-corrected chi connectivity index (χ1v) is 7.42. The van der Waals surface area contributed by atoms with Gasteiger partial charge < -0.3 is 4.90 Å². The van der Waals surface area contributed by atoms with Crippen molar-refractivity contribution >= 4 is 5.82 Å². The molecule has 1 saturated heterocycles. The lowest BCUT2D eigenvalue weighted by Gasteiger charge is -2.30. The zero-order valence-corrected chi connectivity index (χ0v) is 12.7. The van der Waals surface area contributed by atoms with Crippen LogP contribution in [0.3, 0.4) is 0 Å². The molecule has 0 amide bonds. The molecule has 0 atom stereocenters. The van der Waals surface area contributed by atoms with Crippen molar-refractivity contribution in [2.24, 2.45) is 0 Å². The average Bonchev–Trinajstić information content (AvgIpc) is 3.03. The first kappa shape index (κ1) is 14.0. The van der Waals surface area contributed by atoms with E-state index in [9.17, 15) is 0 Å². The van der Waals surface area contributed by atoms with Gasteiger partial charge in [0, 0.05) is 32.8 Å². The van der Waals surface area contributed by atoms with E-state index >= 15 is 0 Å². The first-order chi connectivity index (χ1) is 10.2. The summed E-state index contributed by atoms with van der Waals surface area (Å²) in [6, 6.07) is 4.25. The van der Waals surface area contributed by atoms with Gasteiger partial charge in [-0.05, 0) is 37.6 Å². The Bertz CT molecular complexity index is 540. The molecule has 0 aliphatic carbocycles. The lowest BCUT2D eigenvalue weighted by Crippen LogP contribution is -2.32. The van der Waals surface area contributed by atoms with Crippen LogP contribution in [0.2, 0.25) is 0 Å². The second kappa shape index (κ2) is 6.22. The molecule has 1 fully saturated rings. The highest BCUT2D eigenvalue weighted by atomic mass is 15.2. The molecule has 0 spiro atoms. The zero-order valence-electron chi connectivity index (χ0n) is 12.7. The predicted molar refractivity (Wildman–Crippen MR) is 82.2 cm³/mol. The molecule has 3 rings (SSSR count). The third-order valence-corrected chi connectivity index (χ3v) is 4.08. The highest BCUT2D eigenvalue weighted by Gasteiger charge is 2.22. The number of rotatable bonds is 4. The number of pyridine rings is 1. The van der Waals surface area contributed by atoms with Gasteiger partial charge in [0.2, 0.25) is 0 Å². The van der Waals surface area contributed by atoms with Crippen molar-refractivity contribution in [3.8, 4) is 0 Å². The molecule has 0 bridgehead atoms. The molecule has 6 nitrogen and oxygen atoms in total. The molecular weight excluding hydrogens is 264 g/mol. The number of hydrogen-bond donors (Lipinski definition) is 1. The summed E-state index contributed by atoms with van der Waals surface area (Å²) in [4.78, 5) is 13.3. The van der Waals surface area contributed by atoms with E-state index in [2.05, 4.69) is 37.2 Å². The predicted octanol–water partition coefficient (Wildman–Crippen LogP) is 1.65. The summed E-state index contributed by atoms with van der Waals surface area (Å²) in [7, 11) is 4.02. The molecule has 0 saturated carbocycles. The smallest absolute Gasteiger partial charge is 0.137 e. The standard InChI is InChI=1S/C15H22N6/c1-20(2)14-4-3-12(9-16-14)10-21-7-5-13(6-8-21)15-17-11-18-19-15/h3-4,9,11,13H,5-8,10H2,1-2H3,(H,17,18,19).